The summed E-state index contributed by atoms with van der Waals surface area (Å²) in [6.07, 6.45) is 3.41. The maximum Gasteiger partial charge on any atom is 0.242 e. The van der Waals surface area contributed by atoms with E-state index >= 15 is 0 Å². The van der Waals surface area contributed by atoms with Crippen LogP contribution in [0.25, 0.3) is 0 Å². The van der Waals surface area contributed by atoms with Gasteiger partial charge in [0.2, 0.25) is 5.91 Å². The highest BCUT2D eigenvalue weighted by Gasteiger charge is 2.16. The highest BCUT2D eigenvalue weighted by molar-refractivity contribution is 5.80. The Morgan fingerprint density at radius 3 is 3.00 bits per heavy atom. The Morgan fingerprint density at radius 1 is 1.32 bits per heavy atom. The quantitative estimate of drug-likeness (QED) is 0.827. The summed E-state index contributed by atoms with van der Waals surface area (Å²) < 4.78 is 0. The zero-order valence-corrected chi connectivity index (χ0v) is 11.1. The average molecular weight is 260 g/mol. The van der Waals surface area contributed by atoms with Gasteiger partial charge < -0.3 is 15.5 Å². The molecule has 5 heteroatoms. The minimum absolute atomic E-state index is 0.156. The second-order valence-corrected chi connectivity index (χ2v) is 5.14. The number of hydrogen-bond acceptors (Lipinski definition) is 4. The topological polar surface area (TPSA) is 57.3 Å². The van der Waals surface area contributed by atoms with Gasteiger partial charge in [-0.25, -0.2) is 4.98 Å². The summed E-state index contributed by atoms with van der Waals surface area (Å²) in [5.74, 6) is 0.980. The van der Waals surface area contributed by atoms with E-state index in [1.54, 1.807) is 0 Å². The minimum atomic E-state index is 0.156. The number of anilines is 1. The number of nitrogens with zero attached hydrogens (tertiary/aromatic N) is 2. The van der Waals surface area contributed by atoms with Gasteiger partial charge in [-0.2, -0.15) is 0 Å². The molecule has 1 saturated heterocycles. The molecule has 0 bridgehead atoms. The van der Waals surface area contributed by atoms with E-state index in [9.17, 15) is 4.79 Å². The van der Waals surface area contributed by atoms with Crippen molar-refractivity contribution in [2.24, 2.45) is 0 Å². The molecule has 2 N–H and O–H groups in total. The molecule has 1 aromatic heterocycles. The van der Waals surface area contributed by atoms with Gasteiger partial charge in [0.05, 0.1) is 6.54 Å². The van der Waals surface area contributed by atoms with E-state index in [0.717, 1.165) is 44.8 Å². The molecule has 102 valence electrons. The number of rotatable bonds is 3. The number of carbonyl (C=O) groups excluding carboxylic acids is 1. The van der Waals surface area contributed by atoms with E-state index in [0.29, 0.717) is 6.54 Å². The van der Waals surface area contributed by atoms with Crippen LogP contribution in [0.1, 0.15) is 17.7 Å². The van der Waals surface area contributed by atoms with E-state index in [2.05, 4.69) is 21.7 Å². The molecule has 5 nitrogen and oxygen atoms in total. The first-order valence-electron chi connectivity index (χ1n) is 7.04. The first kappa shape index (κ1) is 12.4. The molecule has 1 aromatic rings. The van der Waals surface area contributed by atoms with Crippen molar-refractivity contribution < 1.29 is 4.79 Å². The molecule has 0 atom stereocenters. The largest absolute Gasteiger partial charge is 0.361 e. The van der Waals surface area contributed by atoms with Crippen LogP contribution in [0.4, 0.5) is 5.82 Å². The van der Waals surface area contributed by atoms with Gasteiger partial charge in [-0.05, 0) is 30.9 Å². The van der Waals surface area contributed by atoms with Gasteiger partial charge >= 0.3 is 0 Å². The number of nitrogens with one attached hydrogen (secondary N) is 2. The number of aryl methyl sites for hydroxylation is 2. The molecule has 3 rings (SSSR count). The van der Waals surface area contributed by atoms with E-state index in [1.807, 2.05) is 11.0 Å². The molecular weight excluding hydrogens is 240 g/mol. The monoisotopic (exact) mass is 260 g/mol. The third-order valence-electron chi connectivity index (χ3n) is 3.82. The van der Waals surface area contributed by atoms with Crippen molar-refractivity contribution in [2.45, 2.75) is 19.3 Å². The molecule has 2 heterocycles. The average Bonchev–Trinajstić information content (AvgIpc) is 2.93. The molecule has 0 unspecified atom stereocenters. The van der Waals surface area contributed by atoms with Gasteiger partial charge in [0.15, 0.2) is 0 Å². The first-order chi connectivity index (χ1) is 9.33. The molecule has 0 saturated carbocycles. The third kappa shape index (κ3) is 2.87. The number of aromatic nitrogens is 1. The van der Waals surface area contributed by atoms with Crippen molar-refractivity contribution in [3.63, 3.8) is 0 Å². The van der Waals surface area contributed by atoms with Crippen LogP contribution in [0.15, 0.2) is 12.1 Å². The summed E-state index contributed by atoms with van der Waals surface area (Å²) in [4.78, 5) is 18.5. The highest BCUT2D eigenvalue weighted by atomic mass is 16.2. The van der Waals surface area contributed by atoms with Crippen LogP contribution in [0, 0.1) is 0 Å². The normalized spacial score (nSPS) is 18.2. The lowest BCUT2D eigenvalue weighted by Gasteiger charge is -2.27. The summed E-state index contributed by atoms with van der Waals surface area (Å²) in [7, 11) is 0. The number of amides is 1. The number of fused-ring (bicyclic) bond motifs is 1. The van der Waals surface area contributed by atoms with E-state index in [4.69, 9.17) is 0 Å². The fourth-order valence-corrected chi connectivity index (χ4v) is 2.71. The standard InChI is InChI=1S/C14H20N4O/c19-14(18-8-6-15-7-9-18)10-16-13-5-4-11-2-1-3-12(11)17-13/h4-5,15H,1-3,6-10H2,(H,16,17). The van der Waals surface area contributed by atoms with Gasteiger partial charge in [0.25, 0.3) is 0 Å². The fraction of sp³-hybridized carbons (Fsp3) is 0.571. The molecule has 0 aromatic carbocycles. The lowest BCUT2D eigenvalue weighted by Crippen LogP contribution is -2.48. The highest BCUT2D eigenvalue weighted by Crippen LogP contribution is 2.21. The molecule has 19 heavy (non-hydrogen) atoms. The Labute approximate surface area is 113 Å². The zero-order valence-electron chi connectivity index (χ0n) is 11.1. The Kier molecular flexibility index (Phi) is 3.64. The Morgan fingerprint density at radius 2 is 2.16 bits per heavy atom. The van der Waals surface area contributed by atoms with E-state index < -0.39 is 0 Å². The molecule has 1 fully saturated rings. The SMILES string of the molecule is O=C(CNc1ccc2c(n1)CCC2)N1CCNCC1. The van der Waals surface area contributed by atoms with Crippen molar-refractivity contribution in [2.75, 3.05) is 38.0 Å². The molecule has 0 spiro atoms. The number of hydrogen-bond donors (Lipinski definition) is 2. The van der Waals surface area contributed by atoms with Crippen LogP contribution in [0.3, 0.4) is 0 Å². The minimum Gasteiger partial charge on any atom is -0.361 e. The maximum absolute atomic E-state index is 12.0. The Bertz CT molecular complexity index is 469. The lowest BCUT2D eigenvalue weighted by atomic mass is 10.2. The summed E-state index contributed by atoms with van der Waals surface area (Å²) >= 11 is 0. The van der Waals surface area contributed by atoms with Crippen molar-refractivity contribution >= 4 is 11.7 Å². The van der Waals surface area contributed by atoms with Crippen molar-refractivity contribution in [1.29, 1.82) is 0 Å². The summed E-state index contributed by atoms with van der Waals surface area (Å²) in [5, 5.41) is 6.39. The lowest BCUT2D eigenvalue weighted by molar-refractivity contribution is -0.129. The Balaban J connectivity index is 1.55. The second kappa shape index (κ2) is 5.57. The molecular formula is C14H20N4O. The second-order valence-electron chi connectivity index (χ2n) is 5.14. The van der Waals surface area contributed by atoms with Crippen LogP contribution in [0.2, 0.25) is 0 Å². The summed E-state index contributed by atoms with van der Waals surface area (Å²) in [5.41, 5.74) is 2.55. The maximum atomic E-state index is 12.0. The number of piperazine rings is 1. The van der Waals surface area contributed by atoms with Crippen molar-refractivity contribution in [3.05, 3.63) is 23.4 Å². The first-order valence-corrected chi connectivity index (χ1v) is 7.04. The van der Waals surface area contributed by atoms with Crippen molar-refractivity contribution in [1.82, 2.24) is 15.2 Å². The number of carbonyl (C=O) groups is 1. The summed E-state index contributed by atoms with van der Waals surface area (Å²) in [6.45, 7) is 3.73. The summed E-state index contributed by atoms with van der Waals surface area (Å²) in [6, 6.07) is 4.11. The smallest absolute Gasteiger partial charge is 0.242 e. The van der Waals surface area contributed by atoms with Crippen LogP contribution in [-0.2, 0) is 17.6 Å². The predicted octanol–water partition coefficient (Wildman–Crippen LogP) is 0.414. The third-order valence-corrected chi connectivity index (χ3v) is 3.82. The predicted molar refractivity (Wildman–Crippen MR) is 74.2 cm³/mol. The van der Waals surface area contributed by atoms with Crippen LogP contribution < -0.4 is 10.6 Å². The molecule has 1 aliphatic heterocycles. The van der Waals surface area contributed by atoms with Gasteiger partial charge in [0.1, 0.15) is 5.82 Å². The van der Waals surface area contributed by atoms with Crippen molar-refractivity contribution in [3.8, 4) is 0 Å². The molecule has 1 aliphatic carbocycles. The van der Waals surface area contributed by atoms with Crippen LogP contribution >= 0.6 is 0 Å². The van der Waals surface area contributed by atoms with Gasteiger partial charge in [-0.3, -0.25) is 4.79 Å². The van der Waals surface area contributed by atoms with Gasteiger partial charge in [0, 0.05) is 31.9 Å². The molecule has 2 aliphatic rings. The zero-order chi connectivity index (χ0) is 13.1. The van der Waals surface area contributed by atoms with E-state index in [1.165, 1.54) is 17.7 Å². The van der Waals surface area contributed by atoms with Gasteiger partial charge in [-0.1, -0.05) is 6.07 Å². The molecule has 0 radical (unpaired) electrons. The van der Waals surface area contributed by atoms with Crippen LogP contribution in [-0.4, -0.2) is 48.5 Å². The van der Waals surface area contributed by atoms with E-state index in [-0.39, 0.29) is 5.91 Å². The molecule has 1 amide bonds. The van der Waals surface area contributed by atoms with Gasteiger partial charge in [-0.15, -0.1) is 0 Å². The van der Waals surface area contributed by atoms with Crippen LogP contribution in [0.5, 0.6) is 0 Å². The number of pyridine rings is 1. The fourth-order valence-electron chi connectivity index (χ4n) is 2.71. The Hall–Kier alpha value is -1.62.